The van der Waals surface area contributed by atoms with E-state index in [1.165, 1.54) is 11.1 Å². The fraction of sp³-hybridized carbons (Fsp3) is 0.0968. The molecule has 4 rings (SSSR count). The Bertz CT molecular complexity index is 1330. The summed E-state index contributed by atoms with van der Waals surface area (Å²) in [5, 5.41) is 9.77. The van der Waals surface area contributed by atoms with Gasteiger partial charge in [-0.1, -0.05) is 72.5 Å². The summed E-state index contributed by atoms with van der Waals surface area (Å²) in [6.45, 7) is 1.91. The van der Waals surface area contributed by atoms with Crippen molar-refractivity contribution in [2.75, 3.05) is 12.9 Å². The lowest BCUT2D eigenvalue weighted by Crippen LogP contribution is -1.86. The van der Waals surface area contributed by atoms with Gasteiger partial charge in [0.2, 0.25) is 0 Å². The van der Waals surface area contributed by atoms with Gasteiger partial charge < -0.3 is 9.84 Å². The highest BCUT2D eigenvalue weighted by Crippen LogP contribution is 2.27. The molecule has 0 aliphatic rings. The summed E-state index contributed by atoms with van der Waals surface area (Å²) in [6.07, 6.45) is 2.17. The Morgan fingerprint density at radius 1 is 0.882 bits per heavy atom. The van der Waals surface area contributed by atoms with E-state index < -0.39 is 0 Å². The number of thioether (sulfide) groups is 1. The zero-order valence-electron chi connectivity index (χ0n) is 19.3. The van der Waals surface area contributed by atoms with Crippen molar-refractivity contribution in [2.24, 2.45) is 0 Å². The Kier molecular flexibility index (Phi) is 7.75. The minimum Gasteiger partial charge on any atom is -0.508 e. The molecule has 34 heavy (non-hydrogen) atoms. The van der Waals surface area contributed by atoms with E-state index in [0.29, 0.717) is 5.75 Å². The minimum atomic E-state index is 0.324. The number of aromatic hydroxyl groups is 1. The number of hydrogen-bond acceptors (Lipinski definition) is 3. The second kappa shape index (κ2) is 11.3. The highest BCUT2D eigenvalue weighted by atomic mass is 32.2. The van der Waals surface area contributed by atoms with Crippen LogP contribution in [0.4, 0.5) is 0 Å². The van der Waals surface area contributed by atoms with Crippen molar-refractivity contribution in [3.05, 3.63) is 120 Å². The van der Waals surface area contributed by atoms with E-state index in [2.05, 4.69) is 66.4 Å². The predicted octanol–water partition coefficient (Wildman–Crippen LogP) is 7.60. The number of aryl methyl sites for hydroxylation is 1. The molecule has 4 aromatic rings. The van der Waals surface area contributed by atoms with Crippen molar-refractivity contribution in [3.63, 3.8) is 0 Å². The topological polar surface area (TPSA) is 29.5 Å². The van der Waals surface area contributed by atoms with Gasteiger partial charge in [0.1, 0.15) is 11.5 Å². The van der Waals surface area contributed by atoms with Crippen molar-refractivity contribution in [1.82, 2.24) is 0 Å². The lowest BCUT2D eigenvalue weighted by molar-refractivity contribution is 0.415. The van der Waals surface area contributed by atoms with Crippen molar-refractivity contribution in [1.29, 1.82) is 0 Å². The molecule has 1 N–H and O–H groups in total. The first-order valence-electron chi connectivity index (χ1n) is 11.1. The molecule has 0 bridgehead atoms. The zero-order valence-corrected chi connectivity index (χ0v) is 20.1. The average Bonchev–Trinajstić information content (AvgIpc) is 2.89. The molecule has 0 heterocycles. The Hall–Kier alpha value is -3.87. The largest absolute Gasteiger partial charge is 0.508 e. The molecule has 0 aliphatic heterocycles. The summed E-state index contributed by atoms with van der Waals surface area (Å²) in [6, 6.07) is 32.4. The van der Waals surface area contributed by atoms with Crippen LogP contribution in [0.3, 0.4) is 0 Å². The molecule has 0 saturated heterocycles. The summed E-state index contributed by atoms with van der Waals surface area (Å²) >= 11 is 1.72. The first kappa shape index (κ1) is 23.3. The van der Waals surface area contributed by atoms with Crippen molar-refractivity contribution >= 4 is 17.3 Å². The smallest absolute Gasteiger partial charge is 0.118 e. The van der Waals surface area contributed by atoms with Crippen LogP contribution in [0.5, 0.6) is 11.5 Å². The van der Waals surface area contributed by atoms with Crippen LogP contribution in [0.2, 0.25) is 0 Å². The number of phenols is 1. The van der Waals surface area contributed by atoms with Gasteiger partial charge in [0.15, 0.2) is 0 Å². The maximum atomic E-state index is 9.77. The normalized spacial score (nSPS) is 10.9. The SMILES string of the molecule is COc1ccc(C#C/C(=C\CSc2ccc(O)c(C)c2)c2ccc(-c3ccccc3)cc2)cc1. The van der Waals surface area contributed by atoms with Crippen molar-refractivity contribution in [3.8, 4) is 34.5 Å². The number of phenolic OH excluding ortho intramolecular Hbond substituents is 1. The molecule has 0 radical (unpaired) electrons. The third kappa shape index (κ3) is 6.13. The lowest BCUT2D eigenvalue weighted by atomic mass is 10.0. The second-order valence-electron chi connectivity index (χ2n) is 7.80. The van der Waals surface area contributed by atoms with Crippen LogP contribution in [-0.2, 0) is 0 Å². The molecular formula is C31H26O2S. The Morgan fingerprint density at radius 3 is 2.26 bits per heavy atom. The van der Waals surface area contributed by atoms with Gasteiger partial charge in [-0.3, -0.25) is 0 Å². The summed E-state index contributed by atoms with van der Waals surface area (Å²) < 4.78 is 5.24. The van der Waals surface area contributed by atoms with E-state index in [9.17, 15) is 5.11 Å². The van der Waals surface area contributed by atoms with E-state index in [1.807, 2.05) is 49.4 Å². The second-order valence-corrected chi connectivity index (χ2v) is 8.89. The quantitative estimate of drug-likeness (QED) is 0.236. The van der Waals surface area contributed by atoms with Gasteiger partial charge in [-0.2, -0.15) is 0 Å². The monoisotopic (exact) mass is 462 g/mol. The van der Waals surface area contributed by atoms with Crippen molar-refractivity contribution in [2.45, 2.75) is 11.8 Å². The molecule has 0 aliphatic carbocycles. The van der Waals surface area contributed by atoms with Gasteiger partial charge in [0.05, 0.1) is 7.11 Å². The number of ether oxygens (including phenoxy) is 1. The number of hydrogen-bond donors (Lipinski definition) is 1. The van der Waals surface area contributed by atoms with Gasteiger partial charge in [0.25, 0.3) is 0 Å². The molecule has 0 saturated carbocycles. The summed E-state index contributed by atoms with van der Waals surface area (Å²) in [4.78, 5) is 1.12. The van der Waals surface area contributed by atoms with Crippen LogP contribution in [0, 0.1) is 18.8 Å². The minimum absolute atomic E-state index is 0.324. The van der Waals surface area contributed by atoms with E-state index in [4.69, 9.17) is 4.74 Å². The zero-order chi connectivity index (χ0) is 23.8. The first-order valence-corrected chi connectivity index (χ1v) is 12.1. The fourth-order valence-electron chi connectivity index (χ4n) is 3.47. The van der Waals surface area contributed by atoms with E-state index in [1.54, 1.807) is 24.9 Å². The fourth-order valence-corrected chi connectivity index (χ4v) is 4.33. The molecule has 0 aromatic heterocycles. The summed E-state index contributed by atoms with van der Waals surface area (Å²) in [5.74, 6) is 8.58. The Morgan fingerprint density at radius 2 is 1.59 bits per heavy atom. The molecule has 4 aromatic carbocycles. The van der Waals surface area contributed by atoms with Gasteiger partial charge in [0, 0.05) is 21.8 Å². The molecule has 3 heteroatoms. The van der Waals surface area contributed by atoms with E-state index in [-0.39, 0.29) is 0 Å². The van der Waals surface area contributed by atoms with Crippen LogP contribution >= 0.6 is 11.8 Å². The van der Waals surface area contributed by atoms with Crippen molar-refractivity contribution < 1.29 is 9.84 Å². The lowest BCUT2D eigenvalue weighted by Gasteiger charge is -2.06. The Labute approximate surface area is 205 Å². The number of benzene rings is 4. The van der Waals surface area contributed by atoms with Crippen LogP contribution < -0.4 is 4.74 Å². The van der Waals surface area contributed by atoms with Crippen LogP contribution in [0.1, 0.15) is 16.7 Å². The average molecular weight is 463 g/mol. The Balaban J connectivity index is 1.59. The molecule has 0 unspecified atom stereocenters. The number of rotatable bonds is 6. The summed E-state index contributed by atoms with van der Waals surface area (Å²) in [5.41, 5.74) is 6.27. The molecule has 0 spiro atoms. The van der Waals surface area contributed by atoms with Crippen LogP contribution in [0.25, 0.3) is 16.7 Å². The molecule has 168 valence electrons. The predicted molar refractivity (Wildman–Crippen MR) is 143 cm³/mol. The van der Waals surface area contributed by atoms with Gasteiger partial charge in [-0.25, -0.2) is 0 Å². The van der Waals surface area contributed by atoms with Gasteiger partial charge in [-0.05, 0) is 71.6 Å². The maximum absolute atomic E-state index is 9.77. The van der Waals surface area contributed by atoms with Gasteiger partial charge in [-0.15, -0.1) is 11.8 Å². The molecular weight excluding hydrogens is 436 g/mol. The highest BCUT2D eigenvalue weighted by molar-refractivity contribution is 7.99. The van der Waals surface area contributed by atoms with E-state index in [0.717, 1.165) is 38.7 Å². The molecule has 0 amide bonds. The number of methoxy groups -OCH3 is 1. The summed E-state index contributed by atoms with van der Waals surface area (Å²) in [7, 11) is 1.66. The molecule has 0 atom stereocenters. The van der Waals surface area contributed by atoms with E-state index >= 15 is 0 Å². The molecule has 0 fully saturated rings. The van der Waals surface area contributed by atoms with Crippen LogP contribution in [-0.4, -0.2) is 18.0 Å². The van der Waals surface area contributed by atoms with Crippen LogP contribution in [0.15, 0.2) is 108 Å². The maximum Gasteiger partial charge on any atom is 0.118 e. The highest BCUT2D eigenvalue weighted by Gasteiger charge is 2.03. The standard InChI is InChI=1S/C31H26O2S/c1-23-22-30(18-19-31(23)32)34-21-20-28(11-8-24-9-16-29(33-2)17-10-24)27-14-12-26(13-15-27)25-6-4-3-5-7-25/h3-7,9-10,12-20,22,32H,21H2,1-2H3/b28-20+. The van der Waals surface area contributed by atoms with Gasteiger partial charge >= 0.3 is 0 Å². The molecule has 2 nitrogen and oxygen atoms in total. The number of allylic oxidation sites excluding steroid dienone is 1. The third-order valence-electron chi connectivity index (χ3n) is 5.44. The first-order chi connectivity index (χ1) is 16.6. The third-order valence-corrected chi connectivity index (χ3v) is 6.36.